The van der Waals surface area contributed by atoms with Crippen molar-refractivity contribution >= 4 is 16.7 Å². The van der Waals surface area contributed by atoms with Gasteiger partial charge in [-0.1, -0.05) is 36.4 Å². The minimum atomic E-state index is -0.771. The number of hydrogen-bond donors (Lipinski definition) is 1. The van der Waals surface area contributed by atoms with Crippen LogP contribution in [0.15, 0.2) is 36.4 Å². The number of carbonyl (C=O) groups excluding carboxylic acids is 1. The molecule has 0 spiro atoms. The van der Waals surface area contributed by atoms with E-state index in [9.17, 15) is 4.79 Å². The lowest BCUT2D eigenvalue weighted by atomic mass is 9.79. The van der Waals surface area contributed by atoms with Crippen LogP contribution in [-0.4, -0.2) is 13.1 Å². The van der Waals surface area contributed by atoms with Gasteiger partial charge in [-0.15, -0.1) is 0 Å². The average Bonchev–Trinajstić information content (AvgIpc) is 2.46. The maximum absolute atomic E-state index is 11.9. The zero-order valence-electron chi connectivity index (χ0n) is 12.4. The van der Waals surface area contributed by atoms with Crippen LogP contribution in [0.4, 0.5) is 0 Å². The van der Waals surface area contributed by atoms with E-state index in [1.807, 2.05) is 44.2 Å². The van der Waals surface area contributed by atoms with Gasteiger partial charge in [-0.25, -0.2) is 0 Å². The highest BCUT2D eigenvalue weighted by Gasteiger charge is 2.37. The monoisotopic (exact) mass is 271 g/mol. The molecule has 2 N–H and O–H groups in total. The number of methoxy groups -OCH3 is 1. The Labute approximate surface area is 119 Å². The molecule has 0 amide bonds. The van der Waals surface area contributed by atoms with Crippen LogP contribution in [0.25, 0.3) is 10.8 Å². The van der Waals surface area contributed by atoms with Crippen molar-refractivity contribution in [3.63, 3.8) is 0 Å². The summed E-state index contributed by atoms with van der Waals surface area (Å²) >= 11 is 0. The number of esters is 1. The second-order valence-corrected chi connectivity index (χ2v) is 5.71. The Balaban J connectivity index is 2.59. The Kier molecular flexibility index (Phi) is 3.82. The first-order chi connectivity index (χ1) is 9.39. The standard InChI is InChI=1S/C17H21NO2/c1-11-9-10-14(13-8-6-5-7-12(11)13)15(18)17(2,3)16(19)20-4/h5-10,15H,18H2,1-4H3/t15-/m0/s1. The first-order valence-electron chi connectivity index (χ1n) is 6.72. The van der Waals surface area contributed by atoms with Crippen molar-refractivity contribution in [1.29, 1.82) is 0 Å². The van der Waals surface area contributed by atoms with Crippen molar-refractivity contribution in [2.24, 2.45) is 11.1 Å². The van der Waals surface area contributed by atoms with E-state index in [1.165, 1.54) is 18.1 Å². The quantitative estimate of drug-likeness (QED) is 0.871. The molecule has 20 heavy (non-hydrogen) atoms. The molecule has 0 radical (unpaired) electrons. The number of ether oxygens (including phenoxy) is 1. The van der Waals surface area contributed by atoms with Gasteiger partial charge in [0.25, 0.3) is 0 Å². The van der Waals surface area contributed by atoms with Gasteiger partial charge in [0.05, 0.1) is 12.5 Å². The van der Waals surface area contributed by atoms with Crippen LogP contribution in [0.2, 0.25) is 0 Å². The highest BCUT2D eigenvalue weighted by atomic mass is 16.5. The van der Waals surface area contributed by atoms with E-state index in [-0.39, 0.29) is 5.97 Å². The minimum absolute atomic E-state index is 0.297. The summed E-state index contributed by atoms with van der Waals surface area (Å²) in [6.07, 6.45) is 0. The highest BCUT2D eigenvalue weighted by molar-refractivity contribution is 5.90. The summed E-state index contributed by atoms with van der Waals surface area (Å²) in [6, 6.07) is 11.8. The third kappa shape index (κ3) is 2.29. The van der Waals surface area contributed by atoms with Crippen molar-refractivity contribution < 1.29 is 9.53 Å². The number of rotatable bonds is 3. The average molecular weight is 271 g/mol. The molecular formula is C17H21NO2. The van der Waals surface area contributed by atoms with E-state index in [4.69, 9.17) is 10.5 Å². The SMILES string of the molecule is COC(=O)C(C)(C)[C@@H](N)c1ccc(C)c2ccccc12. The molecule has 0 saturated carbocycles. The molecule has 0 fully saturated rings. The van der Waals surface area contributed by atoms with E-state index in [0.717, 1.165) is 10.9 Å². The minimum Gasteiger partial charge on any atom is -0.469 e. The van der Waals surface area contributed by atoms with Gasteiger partial charge < -0.3 is 10.5 Å². The summed E-state index contributed by atoms with van der Waals surface area (Å²) in [5, 5.41) is 2.26. The first kappa shape index (κ1) is 14.5. The number of nitrogens with two attached hydrogens (primary N) is 1. The van der Waals surface area contributed by atoms with Crippen LogP contribution in [0.3, 0.4) is 0 Å². The fourth-order valence-electron chi connectivity index (χ4n) is 2.52. The summed E-state index contributed by atoms with van der Waals surface area (Å²) in [6.45, 7) is 5.71. The van der Waals surface area contributed by atoms with Gasteiger partial charge in [-0.3, -0.25) is 4.79 Å². The number of carbonyl (C=O) groups is 1. The molecule has 0 unspecified atom stereocenters. The number of aryl methyl sites for hydroxylation is 1. The lowest BCUT2D eigenvalue weighted by Gasteiger charge is -2.30. The molecule has 2 aromatic rings. The maximum atomic E-state index is 11.9. The van der Waals surface area contributed by atoms with E-state index >= 15 is 0 Å². The Morgan fingerprint density at radius 3 is 2.35 bits per heavy atom. The van der Waals surface area contributed by atoms with Gasteiger partial charge in [-0.05, 0) is 42.7 Å². The molecule has 2 aromatic carbocycles. The molecule has 3 heteroatoms. The Bertz CT molecular complexity index is 646. The summed E-state index contributed by atoms with van der Waals surface area (Å²) in [5.74, 6) is -0.297. The summed E-state index contributed by atoms with van der Waals surface area (Å²) in [7, 11) is 1.39. The van der Waals surface area contributed by atoms with Crippen LogP contribution in [-0.2, 0) is 9.53 Å². The van der Waals surface area contributed by atoms with Crippen molar-refractivity contribution in [3.05, 3.63) is 47.5 Å². The predicted octanol–water partition coefficient (Wildman–Crippen LogP) is 3.35. The molecule has 2 rings (SSSR count). The van der Waals surface area contributed by atoms with E-state index < -0.39 is 11.5 Å². The lowest BCUT2D eigenvalue weighted by molar-refractivity contribution is -0.152. The molecule has 106 valence electrons. The van der Waals surface area contributed by atoms with Gasteiger partial charge in [0.2, 0.25) is 0 Å². The fraction of sp³-hybridized carbons (Fsp3) is 0.353. The van der Waals surface area contributed by atoms with E-state index in [0.29, 0.717) is 0 Å². The van der Waals surface area contributed by atoms with E-state index in [1.54, 1.807) is 0 Å². The second-order valence-electron chi connectivity index (χ2n) is 5.71. The summed E-state index contributed by atoms with van der Waals surface area (Å²) < 4.78 is 4.87. The lowest BCUT2D eigenvalue weighted by Crippen LogP contribution is -2.37. The highest BCUT2D eigenvalue weighted by Crippen LogP contribution is 2.36. The van der Waals surface area contributed by atoms with Crippen molar-refractivity contribution in [3.8, 4) is 0 Å². The molecular weight excluding hydrogens is 250 g/mol. The van der Waals surface area contributed by atoms with Gasteiger partial charge in [-0.2, -0.15) is 0 Å². The van der Waals surface area contributed by atoms with Crippen molar-refractivity contribution in [1.82, 2.24) is 0 Å². The second kappa shape index (κ2) is 5.25. The van der Waals surface area contributed by atoms with Crippen molar-refractivity contribution in [2.45, 2.75) is 26.8 Å². The first-order valence-corrected chi connectivity index (χ1v) is 6.72. The van der Waals surface area contributed by atoms with E-state index in [2.05, 4.69) is 13.0 Å². The maximum Gasteiger partial charge on any atom is 0.313 e. The van der Waals surface area contributed by atoms with Crippen LogP contribution >= 0.6 is 0 Å². The normalized spacial score (nSPS) is 13.2. The Morgan fingerprint density at radius 2 is 1.75 bits per heavy atom. The molecule has 0 heterocycles. The Hall–Kier alpha value is -1.87. The van der Waals surface area contributed by atoms with Crippen LogP contribution in [0, 0.1) is 12.3 Å². The molecule has 0 saturated heterocycles. The zero-order valence-corrected chi connectivity index (χ0v) is 12.4. The predicted molar refractivity (Wildman–Crippen MR) is 81.4 cm³/mol. The Morgan fingerprint density at radius 1 is 1.15 bits per heavy atom. The molecule has 3 nitrogen and oxygen atoms in total. The number of benzene rings is 2. The molecule has 1 atom stereocenters. The number of hydrogen-bond acceptors (Lipinski definition) is 3. The van der Waals surface area contributed by atoms with Crippen LogP contribution < -0.4 is 5.73 Å². The largest absolute Gasteiger partial charge is 0.469 e. The molecule has 0 aromatic heterocycles. The molecule has 0 aliphatic heterocycles. The topological polar surface area (TPSA) is 52.3 Å². The van der Waals surface area contributed by atoms with Gasteiger partial charge in [0.15, 0.2) is 0 Å². The van der Waals surface area contributed by atoms with Crippen LogP contribution in [0.1, 0.15) is 31.0 Å². The number of fused-ring (bicyclic) bond motifs is 1. The zero-order chi connectivity index (χ0) is 14.9. The van der Waals surface area contributed by atoms with Crippen LogP contribution in [0.5, 0.6) is 0 Å². The molecule has 0 bridgehead atoms. The summed E-state index contributed by atoms with van der Waals surface area (Å²) in [4.78, 5) is 11.9. The van der Waals surface area contributed by atoms with Gasteiger partial charge >= 0.3 is 5.97 Å². The van der Waals surface area contributed by atoms with Gasteiger partial charge in [0.1, 0.15) is 0 Å². The van der Waals surface area contributed by atoms with Crippen molar-refractivity contribution in [2.75, 3.05) is 7.11 Å². The molecule has 0 aliphatic rings. The molecule has 0 aliphatic carbocycles. The smallest absolute Gasteiger partial charge is 0.313 e. The summed E-state index contributed by atoms with van der Waals surface area (Å²) in [5.41, 5.74) is 7.77. The van der Waals surface area contributed by atoms with Gasteiger partial charge in [0, 0.05) is 6.04 Å². The third-order valence-electron chi connectivity index (χ3n) is 4.00. The third-order valence-corrected chi connectivity index (χ3v) is 4.00. The fourth-order valence-corrected chi connectivity index (χ4v) is 2.52.